The Morgan fingerprint density at radius 3 is 1.84 bits per heavy atom. The lowest BCUT2D eigenvalue weighted by Crippen LogP contribution is -2.63. The Hall–Kier alpha value is -1.26. The number of thiophene rings is 2. The lowest BCUT2D eigenvalue weighted by molar-refractivity contribution is -0.191. The van der Waals surface area contributed by atoms with Crippen molar-refractivity contribution in [3.63, 3.8) is 0 Å². The molecule has 0 unspecified atom stereocenters. The first kappa shape index (κ1) is 38.5. The summed E-state index contributed by atoms with van der Waals surface area (Å²) >= 11 is 27.3. The van der Waals surface area contributed by atoms with Crippen molar-refractivity contribution in [1.29, 1.82) is 0 Å². The number of nitrogens with two attached hydrogens (primary N) is 1. The smallest absolute Gasteiger partial charge is 0.326 e. The third-order valence-electron chi connectivity index (χ3n) is 12.0. The van der Waals surface area contributed by atoms with Gasteiger partial charge in [0.1, 0.15) is 0 Å². The standard InChI is InChI=1S/C19H19Cl2NOS.C9H16N2.C8H4Cl2S.CO2.ClH/c20-14-2-1-12-9-16(24-18(12)17(14)21)15(23)10-13-11-3-7-22(8-4-11)19(13)5-6-19;10-8-7-1-5-11(6-2-7)9(8)3-4-9;9-6-2-1-5-3-4-11-8(5)7(6)10;2-1-3;/h1-2,9,11,13H,3-8,10H2;7-8H,1-6,10H2;1-4H;;1H/t13-;8-;;;/m11.../s1. The number of nitrogens with zero attached hydrogens (tertiary/aromatic N) is 2. The highest BCUT2D eigenvalue weighted by Gasteiger charge is 2.60. The van der Waals surface area contributed by atoms with Gasteiger partial charge in [0, 0.05) is 23.5 Å². The summed E-state index contributed by atoms with van der Waals surface area (Å²) in [6.45, 7) is 5.15. The van der Waals surface area contributed by atoms with Crippen LogP contribution in [-0.4, -0.2) is 65.0 Å². The molecule has 2 spiro atoms. The van der Waals surface area contributed by atoms with Crippen LogP contribution in [0, 0.1) is 17.8 Å². The number of ketones is 1. The van der Waals surface area contributed by atoms with Gasteiger partial charge in [-0.25, -0.2) is 0 Å². The molecule has 2 aromatic heterocycles. The molecule has 2 saturated carbocycles. The molecule has 2 atom stereocenters. The third kappa shape index (κ3) is 7.18. The van der Waals surface area contributed by atoms with Gasteiger partial charge in [-0.3, -0.25) is 14.6 Å². The largest absolute Gasteiger partial charge is 0.373 e. The quantitative estimate of drug-likeness (QED) is 0.207. The molecule has 4 aromatic rings. The van der Waals surface area contributed by atoms with Crippen molar-refractivity contribution < 1.29 is 14.4 Å². The number of piperidine rings is 6. The maximum Gasteiger partial charge on any atom is 0.373 e. The van der Waals surface area contributed by atoms with Crippen molar-refractivity contribution in [1.82, 2.24) is 9.80 Å². The monoisotopic (exact) mass is 813 g/mol. The molecule has 13 heteroatoms. The van der Waals surface area contributed by atoms with Crippen LogP contribution in [0.15, 0.2) is 41.8 Å². The minimum absolute atomic E-state index is 0. The van der Waals surface area contributed by atoms with Crippen molar-refractivity contribution in [3.05, 3.63) is 66.7 Å². The van der Waals surface area contributed by atoms with Crippen molar-refractivity contribution >= 4 is 114 Å². The second kappa shape index (κ2) is 15.6. The van der Waals surface area contributed by atoms with E-state index in [1.54, 1.807) is 17.4 Å². The van der Waals surface area contributed by atoms with Crippen LogP contribution in [0.2, 0.25) is 20.1 Å². The Labute approximate surface area is 326 Å². The molecular formula is C37H40Cl5N3O3S2. The van der Waals surface area contributed by atoms with Crippen molar-refractivity contribution in [2.75, 3.05) is 26.2 Å². The Balaban J connectivity index is 0.000000138. The molecule has 2 aromatic carbocycles. The van der Waals surface area contributed by atoms with E-state index >= 15 is 0 Å². The van der Waals surface area contributed by atoms with Crippen molar-refractivity contribution in [3.8, 4) is 0 Å². The highest BCUT2D eigenvalue weighted by Crippen LogP contribution is 2.59. The maximum atomic E-state index is 13.0. The van der Waals surface area contributed by atoms with Gasteiger partial charge in [-0.15, -0.1) is 35.1 Å². The van der Waals surface area contributed by atoms with Gasteiger partial charge in [0.2, 0.25) is 0 Å². The van der Waals surface area contributed by atoms with E-state index in [2.05, 4.69) is 9.80 Å². The van der Waals surface area contributed by atoms with Crippen LogP contribution in [0.5, 0.6) is 0 Å². The number of benzene rings is 2. The van der Waals surface area contributed by atoms with E-state index in [-0.39, 0.29) is 24.3 Å². The summed E-state index contributed by atoms with van der Waals surface area (Å²) < 4.78 is 2.00. The van der Waals surface area contributed by atoms with Crippen LogP contribution in [0.3, 0.4) is 0 Å². The fourth-order valence-corrected chi connectivity index (χ4v) is 12.1. The lowest BCUT2D eigenvalue weighted by atomic mass is 9.70. The molecule has 8 aliphatic rings. The first-order valence-corrected chi connectivity index (χ1v) is 20.3. The first-order chi connectivity index (χ1) is 23.6. The highest BCUT2D eigenvalue weighted by atomic mass is 35.5. The number of Topliss-reactive ketones (excluding diaryl/α,β-unsaturated/α-hetero) is 1. The SMILES string of the molecule is Cl.Clc1ccc2ccsc2c1Cl.N[C@@H]1C2CCN(CC2)C12CC2.O=C(C[C@@H]1C2CCN(CC2)C12CC2)c1cc2ccc(Cl)c(Cl)c2s1.O=C=O. The van der Waals surface area contributed by atoms with Gasteiger partial charge in [-0.05, 0) is 136 Å². The summed E-state index contributed by atoms with van der Waals surface area (Å²) in [6, 6.07) is 12.1. The molecule has 8 heterocycles. The Morgan fingerprint density at radius 1 is 0.780 bits per heavy atom. The Morgan fingerprint density at radius 2 is 1.30 bits per heavy atom. The van der Waals surface area contributed by atoms with E-state index in [0.717, 1.165) is 36.9 Å². The van der Waals surface area contributed by atoms with Gasteiger partial charge in [0.25, 0.3) is 0 Å². The van der Waals surface area contributed by atoms with Gasteiger partial charge in [-0.2, -0.15) is 9.59 Å². The van der Waals surface area contributed by atoms with Gasteiger partial charge < -0.3 is 5.73 Å². The molecule has 8 fully saturated rings. The second-order valence-corrected chi connectivity index (χ2v) is 17.8. The van der Waals surface area contributed by atoms with Crippen LogP contribution in [0.25, 0.3) is 20.2 Å². The van der Waals surface area contributed by atoms with Gasteiger partial charge in [0.15, 0.2) is 5.78 Å². The topological polar surface area (TPSA) is 83.7 Å². The lowest BCUT2D eigenvalue weighted by Gasteiger charge is -2.52. The molecule has 50 heavy (non-hydrogen) atoms. The summed E-state index contributed by atoms with van der Waals surface area (Å²) in [7, 11) is 0. The van der Waals surface area contributed by atoms with E-state index in [1.807, 2.05) is 35.7 Å². The number of hydrogen-bond acceptors (Lipinski definition) is 8. The van der Waals surface area contributed by atoms with Gasteiger partial charge in [-0.1, -0.05) is 58.5 Å². The van der Waals surface area contributed by atoms with Crippen LogP contribution in [0.4, 0.5) is 0 Å². The molecule has 2 aliphatic carbocycles. The zero-order valence-corrected chi connectivity index (χ0v) is 32.9. The minimum Gasteiger partial charge on any atom is -0.326 e. The molecule has 12 rings (SSSR count). The zero-order valence-electron chi connectivity index (χ0n) is 27.5. The molecule has 6 aliphatic heterocycles. The Kier molecular flexibility index (Phi) is 12.0. The summed E-state index contributed by atoms with van der Waals surface area (Å²) in [5, 5.41) is 6.60. The first-order valence-electron chi connectivity index (χ1n) is 17.1. The zero-order chi connectivity index (χ0) is 34.5. The van der Waals surface area contributed by atoms with E-state index in [0.29, 0.717) is 49.5 Å². The number of carbonyl (C=O) groups excluding carboxylic acids is 3. The summed E-state index contributed by atoms with van der Waals surface area (Å²) in [4.78, 5) is 35.4. The fourth-order valence-electron chi connectivity index (χ4n) is 9.18. The van der Waals surface area contributed by atoms with E-state index in [9.17, 15) is 4.79 Å². The molecule has 268 valence electrons. The number of halogens is 5. The van der Waals surface area contributed by atoms with E-state index in [1.165, 1.54) is 88.9 Å². The van der Waals surface area contributed by atoms with Crippen molar-refractivity contribution in [2.24, 2.45) is 23.5 Å². The second-order valence-electron chi connectivity index (χ2n) is 14.3. The van der Waals surface area contributed by atoms with E-state index in [4.69, 9.17) is 61.7 Å². The minimum atomic E-state index is 0. The third-order valence-corrected chi connectivity index (χ3v) is 16.0. The van der Waals surface area contributed by atoms with E-state index < -0.39 is 0 Å². The number of fused-ring (bicyclic) bond motifs is 6. The average Bonchev–Trinajstić information content (AvgIpc) is 3.98. The summed E-state index contributed by atoms with van der Waals surface area (Å²) in [6.07, 6.45) is 11.5. The summed E-state index contributed by atoms with van der Waals surface area (Å²) in [5.41, 5.74) is 7.10. The molecular weight excluding hydrogens is 776 g/mol. The Bertz CT molecular complexity index is 1880. The molecule has 4 bridgehead atoms. The predicted octanol–water partition coefficient (Wildman–Crippen LogP) is 10.3. The van der Waals surface area contributed by atoms with Crippen LogP contribution in [-0.2, 0) is 9.59 Å². The molecule has 6 saturated heterocycles. The molecule has 6 nitrogen and oxygen atoms in total. The van der Waals surface area contributed by atoms with Gasteiger partial charge >= 0.3 is 6.15 Å². The van der Waals surface area contributed by atoms with Gasteiger partial charge in [0.05, 0.1) is 34.4 Å². The molecule has 2 N–H and O–H groups in total. The molecule has 0 amide bonds. The normalized spacial score (nSPS) is 28.3. The summed E-state index contributed by atoms with van der Waals surface area (Å²) in [5.74, 6) is 2.45. The van der Waals surface area contributed by atoms with Crippen LogP contribution in [0.1, 0.15) is 67.5 Å². The number of hydrogen-bond donors (Lipinski definition) is 1. The van der Waals surface area contributed by atoms with Crippen LogP contribution >= 0.6 is 81.5 Å². The fraction of sp³-hybridized carbons (Fsp3) is 0.514. The number of carbonyl (C=O) groups is 1. The predicted molar refractivity (Wildman–Crippen MR) is 209 cm³/mol. The maximum absolute atomic E-state index is 13.0. The number of rotatable bonds is 3. The van der Waals surface area contributed by atoms with Crippen molar-refractivity contribution in [2.45, 2.75) is 74.9 Å². The highest BCUT2D eigenvalue weighted by molar-refractivity contribution is 7.21. The average molecular weight is 816 g/mol. The molecule has 0 radical (unpaired) electrons. The van der Waals surface area contributed by atoms with Crippen LogP contribution < -0.4 is 5.73 Å².